The van der Waals surface area contributed by atoms with Gasteiger partial charge in [-0.2, -0.15) is 0 Å². The first-order valence-electron chi connectivity index (χ1n) is 8.95. The largest absolute Gasteiger partial charge is 0.459 e. The summed E-state index contributed by atoms with van der Waals surface area (Å²) in [5, 5.41) is 7.91. The number of benzene rings is 3. The second-order valence-electron chi connectivity index (χ2n) is 6.62. The van der Waals surface area contributed by atoms with Crippen LogP contribution in [0.4, 0.5) is 5.69 Å². The van der Waals surface area contributed by atoms with E-state index >= 15 is 0 Å². The Hall–Kier alpha value is -2.96. The lowest BCUT2D eigenvalue weighted by Gasteiger charge is -2.13. The van der Waals surface area contributed by atoms with Crippen LogP contribution in [0.25, 0.3) is 10.8 Å². The Kier molecular flexibility index (Phi) is 6.46. The average Bonchev–Trinajstić information content (AvgIpc) is 2.68. The zero-order valence-electron chi connectivity index (χ0n) is 15.9. The number of ether oxygens (including phenoxy) is 1. The molecule has 7 heteroatoms. The van der Waals surface area contributed by atoms with Gasteiger partial charge in [-0.1, -0.05) is 41.9 Å². The summed E-state index contributed by atoms with van der Waals surface area (Å²) in [7, 11) is 0. The normalized spacial score (nSPS) is 10.6. The highest BCUT2D eigenvalue weighted by molar-refractivity contribution is 7.80. The second-order valence-corrected chi connectivity index (χ2v) is 7.43. The molecular formula is C22H19ClN2O3S. The molecule has 3 aromatic carbocycles. The number of fused-ring (bicyclic) bond motifs is 1. The lowest BCUT2D eigenvalue weighted by atomic mass is 10.1. The monoisotopic (exact) mass is 426 g/mol. The lowest BCUT2D eigenvalue weighted by molar-refractivity contribution is 0.0378. The average molecular weight is 427 g/mol. The Bertz CT molecular complexity index is 1100. The van der Waals surface area contributed by atoms with Gasteiger partial charge < -0.3 is 10.1 Å². The van der Waals surface area contributed by atoms with Gasteiger partial charge >= 0.3 is 5.97 Å². The summed E-state index contributed by atoms with van der Waals surface area (Å²) < 4.78 is 5.18. The predicted molar refractivity (Wildman–Crippen MR) is 120 cm³/mol. The van der Waals surface area contributed by atoms with Crippen LogP contribution in [0, 0.1) is 0 Å². The SMILES string of the molecule is CC(C)OC(=O)c1cc(NC(=S)NC(=O)c2ccc3ccccc3c2)ccc1Cl. The van der Waals surface area contributed by atoms with Gasteiger partial charge in [0, 0.05) is 11.3 Å². The van der Waals surface area contributed by atoms with Crippen LogP contribution >= 0.6 is 23.8 Å². The fraction of sp³-hybridized carbons (Fsp3) is 0.136. The van der Waals surface area contributed by atoms with E-state index in [0.29, 0.717) is 11.3 Å². The molecule has 2 N–H and O–H groups in total. The number of anilines is 1. The van der Waals surface area contributed by atoms with Crippen LogP contribution in [0.1, 0.15) is 34.6 Å². The van der Waals surface area contributed by atoms with E-state index in [1.165, 1.54) is 6.07 Å². The van der Waals surface area contributed by atoms with Crippen molar-refractivity contribution in [3.05, 3.63) is 76.8 Å². The summed E-state index contributed by atoms with van der Waals surface area (Å²) in [5.41, 5.74) is 1.22. The molecule has 0 unspecified atom stereocenters. The summed E-state index contributed by atoms with van der Waals surface area (Å²) in [5.74, 6) is -0.860. The van der Waals surface area contributed by atoms with Crippen molar-refractivity contribution in [1.82, 2.24) is 5.32 Å². The van der Waals surface area contributed by atoms with Crippen LogP contribution in [0.5, 0.6) is 0 Å². The van der Waals surface area contributed by atoms with Crippen molar-refractivity contribution in [1.29, 1.82) is 0 Å². The van der Waals surface area contributed by atoms with Crippen molar-refractivity contribution in [3.63, 3.8) is 0 Å². The molecule has 0 atom stereocenters. The predicted octanol–water partition coefficient (Wildman–Crippen LogP) is 5.19. The molecule has 0 aromatic heterocycles. The Labute approximate surface area is 179 Å². The molecule has 0 saturated carbocycles. The topological polar surface area (TPSA) is 67.4 Å². The van der Waals surface area contributed by atoms with E-state index < -0.39 is 5.97 Å². The van der Waals surface area contributed by atoms with E-state index in [0.717, 1.165) is 10.8 Å². The van der Waals surface area contributed by atoms with Crippen LogP contribution in [-0.2, 0) is 4.74 Å². The number of hydrogen-bond donors (Lipinski definition) is 2. The van der Waals surface area contributed by atoms with Crippen molar-refractivity contribution in [2.45, 2.75) is 20.0 Å². The summed E-state index contributed by atoms with van der Waals surface area (Å²) in [6, 6.07) is 17.9. The summed E-state index contributed by atoms with van der Waals surface area (Å²) in [6.45, 7) is 3.51. The molecule has 3 aromatic rings. The highest BCUT2D eigenvalue weighted by atomic mass is 35.5. The van der Waals surface area contributed by atoms with Gasteiger partial charge in [0.05, 0.1) is 16.7 Å². The van der Waals surface area contributed by atoms with E-state index in [-0.39, 0.29) is 27.7 Å². The zero-order chi connectivity index (χ0) is 21.0. The molecule has 0 heterocycles. The van der Waals surface area contributed by atoms with Gasteiger partial charge in [-0.05, 0) is 67.2 Å². The number of nitrogens with one attached hydrogen (secondary N) is 2. The molecule has 1 amide bonds. The minimum atomic E-state index is -0.528. The highest BCUT2D eigenvalue weighted by Gasteiger charge is 2.15. The minimum absolute atomic E-state index is 0.105. The number of hydrogen-bond acceptors (Lipinski definition) is 4. The molecule has 0 aliphatic heterocycles. The highest BCUT2D eigenvalue weighted by Crippen LogP contribution is 2.22. The molecule has 0 aliphatic rings. The first-order valence-corrected chi connectivity index (χ1v) is 9.74. The molecule has 0 spiro atoms. The molecule has 0 fully saturated rings. The first-order chi connectivity index (χ1) is 13.8. The molecule has 0 bridgehead atoms. The van der Waals surface area contributed by atoms with E-state index in [1.807, 2.05) is 30.3 Å². The quantitative estimate of drug-likeness (QED) is 0.444. The van der Waals surface area contributed by atoms with Gasteiger partial charge in [-0.25, -0.2) is 4.79 Å². The summed E-state index contributed by atoms with van der Waals surface area (Å²) >= 11 is 11.3. The maximum absolute atomic E-state index is 12.5. The van der Waals surface area contributed by atoms with E-state index in [1.54, 1.807) is 38.1 Å². The van der Waals surface area contributed by atoms with Gasteiger partial charge in [0.1, 0.15) is 0 Å². The minimum Gasteiger partial charge on any atom is -0.459 e. The molecule has 29 heavy (non-hydrogen) atoms. The molecular weight excluding hydrogens is 408 g/mol. The van der Waals surface area contributed by atoms with Crippen molar-refractivity contribution < 1.29 is 14.3 Å². The number of halogens is 1. The molecule has 148 valence electrons. The Morgan fingerprint density at radius 3 is 2.45 bits per heavy atom. The molecule has 5 nitrogen and oxygen atoms in total. The third-order valence-corrected chi connectivity index (χ3v) is 4.56. The Morgan fingerprint density at radius 2 is 1.72 bits per heavy atom. The van der Waals surface area contributed by atoms with Crippen molar-refractivity contribution in [3.8, 4) is 0 Å². The lowest BCUT2D eigenvalue weighted by Crippen LogP contribution is -2.34. The molecule has 0 radical (unpaired) electrons. The van der Waals surface area contributed by atoms with Crippen molar-refractivity contribution >= 4 is 57.3 Å². The van der Waals surface area contributed by atoms with E-state index in [9.17, 15) is 9.59 Å². The maximum Gasteiger partial charge on any atom is 0.339 e. The van der Waals surface area contributed by atoms with Crippen molar-refractivity contribution in [2.24, 2.45) is 0 Å². The Morgan fingerprint density at radius 1 is 1.00 bits per heavy atom. The fourth-order valence-electron chi connectivity index (χ4n) is 2.71. The van der Waals surface area contributed by atoms with Crippen LogP contribution in [0.15, 0.2) is 60.7 Å². The fourth-order valence-corrected chi connectivity index (χ4v) is 3.11. The van der Waals surface area contributed by atoms with Gasteiger partial charge in [0.15, 0.2) is 5.11 Å². The Balaban J connectivity index is 1.69. The van der Waals surface area contributed by atoms with Crippen LogP contribution in [0.3, 0.4) is 0 Å². The number of carbonyl (C=O) groups excluding carboxylic acids is 2. The molecule has 3 rings (SSSR count). The number of carbonyl (C=O) groups is 2. The standard InChI is InChI=1S/C22H19ClN2O3S/c1-13(2)28-21(27)18-12-17(9-10-19(18)23)24-22(29)25-20(26)16-8-7-14-5-3-4-6-15(14)11-16/h3-13H,1-2H3,(H2,24,25,26,29). The van der Waals surface area contributed by atoms with Crippen LogP contribution < -0.4 is 10.6 Å². The second kappa shape index (κ2) is 9.03. The third-order valence-electron chi connectivity index (χ3n) is 4.03. The van der Waals surface area contributed by atoms with Gasteiger partial charge in [-0.15, -0.1) is 0 Å². The third kappa shape index (κ3) is 5.31. The smallest absolute Gasteiger partial charge is 0.339 e. The molecule has 0 saturated heterocycles. The van der Waals surface area contributed by atoms with Gasteiger partial charge in [-0.3, -0.25) is 10.1 Å². The van der Waals surface area contributed by atoms with Crippen molar-refractivity contribution in [2.75, 3.05) is 5.32 Å². The van der Waals surface area contributed by atoms with E-state index in [4.69, 9.17) is 28.6 Å². The molecule has 0 aliphatic carbocycles. The van der Waals surface area contributed by atoms with E-state index in [2.05, 4.69) is 10.6 Å². The number of rotatable bonds is 4. The maximum atomic E-state index is 12.5. The van der Waals surface area contributed by atoms with Crippen LogP contribution in [0.2, 0.25) is 5.02 Å². The van der Waals surface area contributed by atoms with Gasteiger partial charge in [0.25, 0.3) is 5.91 Å². The number of thiocarbonyl (C=S) groups is 1. The van der Waals surface area contributed by atoms with Crippen LogP contribution in [-0.4, -0.2) is 23.1 Å². The number of esters is 1. The number of amides is 1. The zero-order valence-corrected chi connectivity index (χ0v) is 17.4. The summed E-state index contributed by atoms with van der Waals surface area (Å²) in [4.78, 5) is 24.7. The summed E-state index contributed by atoms with van der Waals surface area (Å²) in [6.07, 6.45) is -0.266. The van der Waals surface area contributed by atoms with Gasteiger partial charge in [0.2, 0.25) is 0 Å². The first kappa shape index (κ1) is 20.8.